The number of aliphatic hydroxyl groups is 1. The second-order valence-corrected chi connectivity index (χ2v) is 10.7. The molecule has 19 heteroatoms. The maximum atomic E-state index is 13.2. The third-order valence-electron chi connectivity index (χ3n) is 7.72. The van der Waals surface area contributed by atoms with Crippen molar-refractivity contribution in [1.29, 1.82) is 0 Å². The summed E-state index contributed by atoms with van der Waals surface area (Å²) in [6, 6.07) is -2.03. The number of ether oxygens (including phenoxy) is 5. The summed E-state index contributed by atoms with van der Waals surface area (Å²) in [4.78, 5) is 56.6. The number of esters is 3. The van der Waals surface area contributed by atoms with E-state index in [-0.39, 0.29) is 44.2 Å². The maximum Gasteiger partial charge on any atom is 0.303 e. The number of hydrogen-bond acceptors (Lipinski definition) is 13. The fourth-order valence-electron chi connectivity index (χ4n) is 5.43. The average molecular weight is 624 g/mol. The van der Waals surface area contributed by atoms with Crippen molar-refractivity contribution in [3.8, 4) is 0 Å². The smallest absolute Gasteiger partial charge is 0.303 e. The molecule has 1 heterocycles. The molecule has 0 radical (unpaired) electrons. The van der Waals surface area contributed by atoms with E-state index in [0.717, 1.165) is 13.8 Å². The molecule has 0 aromatic heterocycles. The molecule has 2 aliphatic rings. The molecule has 0 amide bonds. The van der Waals surface area contributed by atoms with Crippen LogP contribution in [0.1, 0.15) is 53.9 Å². The number of hydrogen-bond donors (Lipinski definition) is 1. The minimum absolute atomic E-state index is 0.105. The highest BCUT2D eigenvalue weighted by molar-refractivity contribution is 5.85. The van der Waals surface area contributed by atoms with Gasteiger partial charge >= 0.3 is 17.9 Å². The van der Waals surface area contributed by atoms with Crippen LogP contribution in [-0.2, 0) is 42.9 Å². The molecule has 0 spiro atoms. The van der Waals surface area contributed by atoms with Crippen molar-refractivity contribution in [2.24, 2.45) is 33.1 Å². The van der Waals surface area contributed by atoms with Crippen LogP contribution in [0.3, 0.4) is 0 Å². The average Bonchev–Trinajstić information content (AvgIpc) is 2.95. The van der Waals surface area contributed by atoms with Crippen LogP contribution in [0.15, 0.2) is 15.3 Å². The number of Topliss-reactive ketones (excluding diaryl/α,β-unsaturated/α-hetero) is 1. The third kappa shape index (κ3) is 9.98. The van der Waals surface area contributed by atoms with Crippen LogP contribution in [0, 0.1) is 17.8 Å². The Morgan fingerprint density at radius 2 is 1.64 bits per heavy atom. The minimum Gasteiger partial charge on any atom is -0.463 e. The maximum absolute atomic E-state index is 13.2. The molecule has 0 aromatic carbocycles. The molecule has 1 aliphatic heterocycles. The van der Waals surface area contributed by atoms with Crippen molar-refractivity contribution < 1.29 is 48.0 Å². The Labute approximate surface area is 252 Å². The van der Waals surface area contributed by atoms with Gasteiger partial charge in [0.05, 0.1) is 24.3 Å². The van der Waals surface area contributed by atoms with E-state index in [1.54, 1.807) is 6.92 Å². The summed E-state index contributed by atoms with van der Waals surface area (Å²) in [6.07, 6.45) is -8.19. The van der Waals surface area contributed by atoms with Crippen LogP contribution in [0.5, 0.6) is 0 Å². The molecule has 2 rings (SSSR count). The third-order valence-corrected chi connectivity index (χ3v) is 7.72. The van der Waals surface area contributed by atoms with Crippen molar-refractivity contribution in [2.45, 2.75) is 103 Å². The lowest BCUT2D eigenvalue weighted by Crippen LogP contribution is -2.59. The summed E-state index contributed by atoms with van der Waals surface area (Å²) in [6.45, 7) is 6.79. The largest absolute Gasteiger partial charge is 0.463 e. The summed E-state index contributed by atoms with van der Waals surface area (Å²) < 4.78 is 27.8. The summed E-state index contributed by atoms with van der Waals surface area (Å²) >= 11 is 0. The molecule has 2 fully saturated rings. The molecule has 1 saturated heterocycles. The van der Waals surface area contributed by atoms with E-state index < -0.39 is 78.5 Å². The van der Waals surface area contributed by atoms with E-state index in [9.17, 15) is 35.3 Å². The molecule has 1 aliphatic carbocycles. The van der Waals surface area contributed by atoms with E-state index in [1.165, 1.54) is 6.92 Å². The lowest BCUT2D eigenvalue weighted by atomic mass is 9.76. The number of carbonyl (C=O) groups is 4. The molecule has 44 heavy (non-hydrogen) atoms. The van der Waals surface area contributed by atoms with Gasteiger partial charge in [0.15, 0.2) is 18.2 Å². The number of carbonyl (C=O) groups excluding carboxylic acids is 4. The highest BCUT2D eigenvalue weighted by Crippen LogP contribution is 2.39. The summed E-state index contributed by atoms with van der Waals surface area (Å²) in [7, 11) is 0. The lowest BCUT2D eigenvalue weighted by Gasteiger charge is -2.47. The fourth-order valence-corrected chi connectivity index (χ4v) is 5.43. The van der Waals surface area contributed by atoms with Crippen LogP contribution in [0.25, 0.3) is 31.3 Å². The second-order valence-electron chi connectivity index (χ2n) is 10.7. The van der Waals surface area contributed by atoms with E-state index in [2.05, 4.69) is 30.1 Å². The van der Waals surface area contributed by atoms with Crippen LogP contribution in [-0.4, -0.2) is 90.8 Å². The first-order valence-electron chi connectivity index (χ1n) is 13.9. The van der Waals surface area contributed by atoms with Crippen LogP contribution in [0.2, 0.25) is 0 Å². The van der Waals surface area contributed by atoms with Gasteiger partial charge < -0.3 is 28.8 Å². The molecule has 0 bridgehead atoms. The molecule has 242 valence electrons. The van der Waals surface area contributed by atoms with Gasteiger partial charge in [0.2, 0.25) is 0 Å². The predicted octanol–water partition coefficient (Wildman–Crippen LogP) is 3.19. The molecule has 19 nitrogen and oxygen atoms in total. The zero-order chi connectivity index (χ0) is 33.0. The van der Waals surface area contributed by atoms with Crippen LogP contribution in [0.4, 0.5) is 0 Å². The van der Waals surface area contributed by atoms with Gasteiger partial charge in [0.1, 0.15) is 18.8 Å². The molecule has 1 saturated carbocycles. The van der Waals surface area contributed by atoms with Gasteiger partial charge in [-0.25, -0.2) is 0 Å². The summed E-state index contributed by atoms with van der Waals surface area (Å²) in [5, 5.41) is 22.4. The highest BCUT2D eigenvalue weighted by Gasteiger charge is 2.51. The van der Waals surface area contributed by atoms with Crippen LogP contribution >= 0.6 is 0 Å². The minimum atomic E-state index is -1.66. The Bertz CT molecular complexity index is 1200. The normalized spacial score (nSPS) is 32.0. The SMILES string of the molecule is CC(=O)OCC1O[C@H](O[C@@H]2C(N=[N+]=[N-])C[C@@H](CC(=O)[C@H](CCN=[N+]=[N-])OC(C)=O)C(OC(C)=O)[C@H]2O)C(N=[N+]=[N-])[C@@H](C)[C@@H]1C. The molecule has 4 unspecified atom stereocenters. The molecule has 1 N–H and O–H groups in total. The topological polar surface area (TPSA) is 281 Å². The first-order chi connectivity index (χ1) is 20.8. The zero-order valence-electron chi connectivity index (χ0n) is 25.0. The predicted molar refractivity (Wildman–Crippen MR) is 148 cm³/mol. The van der Waals surface area contributed by atoms with E-state index >= 15 is 0 Å². The van der Waals surface area contributed by atoms with Crippen molar-refractivity contribution in [1.82, 2.24) is 0 Å². The standard InChI is InChI=1S/C25H37N9O10/c1-11-12(2)21(31-34-28)25(43-20(11)10-40-13(3)35)44-24-17(30-33-27)8-16(23(22(24)39)42-15(5)37)9-18(38)19(41-14(4)36)6-7-29-32-26/h11-12,16-17,19-25,39H,6-10H2,1-5H3/t11-,12-,16-,17?,19-,20?,21?,22+,23?,24+,25+/m0/s1. The van der Waals surface area contributed by atoms with Crippen molar-refractivity contribution in [3.63, 3.8) is 0 Å². The quantitative estimate of drug-likeness (QED) is 0.0968. The number of azide groups is 3. The molecular formula is C25H37N9O10. The Hall–Kier alpha value is -4.11. The fraction of sp³-hybridized carbons (Fsp3) is 0.840. The lowest BCUT2D eigenvalue weighted by molar-refractivity contribution is -0.279. The number of aliphatic hydroxyl groups excluding tert-OH is 1. The van der Waals surface area contributed by atoms with Gasteiger partial charge in [-0.15, -0.1) is 0 Å². The number of ketones is 1. The summed E-state index contributed by atoms with van der Waals surface area (Å²) in [5.41, 5.74) is 27.1. The van der Waals surface area contributed by atoms with Gasteiger partial charge in [-0.2, -0.15) is 0 Å². The van der Waals surface area contributed by atoms with Crippen molar-refractivity contribution in [2.75, 3.05) is 13.2 Å². The second kappa shape index (κ2) is 17.3. The molecular weight excluding hydrogens is 586 g/mol. The Balaban J connectivity index is 2.40. The number of rotatable bonds is 14. The first-order valence-corrected chi connectivity index (χ1v) is 13.9. The van der Waals surface area contributed by atoms with Crippen LogP contribution < -0.4 is 0 Å². The van der Waals surface area contributed by atoms with E-state index in [4.69, 9.17) is 29.2 Å². The first kappa shape index (κ1) is 36.1. The van der Waals surface area contributed by atoms with Gasteiger partial charge in [-0.1, -0.05) is 29.2 Å². The molecule has 0 aromatic rings. The van der Waals surface area contributed by atoms with Gasteiger partial charge in [0.25, 0.3) is 0 Å². The monoisotopic (exact) mass is 623 g/mol. The van der Waals surface area contributed by atoms with Crippen molar-refractivity contribution >= 4 is 23.7 Å². The zero-order valence-corrected chi connectivity index (χ0v) is 25.0. The van der Waals surface area contributed by atoms with Crippen molar-refractivity contribution in [3.05, 3.63) is 31.3 Å². The highest BCUT2D eigenvalue weighted by atomic mass is 16.7. The van der Waals surface area contributed by atoms with E-state index in [1.807, 2.05) is 6.92 Å². The summed E-state index contributed by atoms with van der Waals surface area (Å²) in [5.74, 6) is -4.17. The number of nitrogens with zero attached hydrogens (tertiary/aromatic N) is 9. The Kier molecular flexibility index (Phi) is 14.1. The van der Waals surface area contributed by atoms with Gasteiger partial charge in [-0.3, -0.25) is 19.2 Å². The van der Waals surface area contributed by atoms with Gasteiger partial charge in [-0.05, 0) is 41.3 Å². The van der Waals surface area contributed by atoms with Gasteiger partial charge in [0, 0.05) is 54.4 Å². The Morgan fingerprint density at radius 3 is 2.20 bits per heavy atom. The van der Waals surface area contributed by atoms with E-state index in [0.29, 0.717) is 0 Å². The Morgan fingerprint density at radius 1 is 0.955 bits per heavy atom. The molecule has 11 atom stereocenters.